The van der Waals surface area contributed by atoms with Crippen LogP contribution < -0.4 is 4.74 Å². The maximum atomic E-state index is 9.66. The summed E-state index contributed by atoms with van der Waals surface area (Å²) >= 11 is 0. The van der Waals surface area contributed by atoms with Crippen molar-refractivity contribution < 1.29 is 9.84 Å². The largest absolute Gasteiger partial charge is 0.507 e. The molecule has 0 aliphatic rings. The Labute approximate surface area is 87.2 Å². The first-order valence-electron chi connectivity index (χ1n) is 4.46. The average Bonchev–Trinajstić information content (AvgIpc) is 2.30. The third-order valence-electron chi connectivity index (χ3n) is 2.02. The lowest BCUT2D eigenvalue weighted by molar-refractivity contribution is 0.397. The van der Waals surface area contributed by atoms with Gasteiger partial charge in [-0.15, -0.1) is 0 Å². The number of para-hydroxylation sites is 1. The second-order valence-corrected chi connectivity index (χ2v) is 2.93. The van der Waals surface area contributed by atoms with Gasteiger partial charge in [-0.05, 0) is 12.1 Å². The van der Waals surface area contributed by atoms with Crippen LogP contribution in [0.15, 0.2) is 36.7 Å². The highest BCUT2D eigenvalue weighted by atomic mass is 16.5. The first-order chi connectivity index (χ1) is 7.33. The predicted molar refractivity (Wildman–Crippen MR) is 55.7 cm³/mol. The molecule has 1 aromatic heterocycles. The Morgan fingerprint density at radius 2 is 1.87 bits per heavy atom. The highest BCUT2D eigenvalue weighted by Gasteiger charge is 2.10. The van der Waals surface area contributed by atoms with Crippen LogP contribution in [0.25, 0.3) is 11.3 Å². The number of hydrogen-bond donors (Lipinski definition) is 1. The Morgan fingerprint density at radius 1 is 1.13 bits per heavy atom. The molecule has 0 saturated heterocycles. The van der Waals surface area contributed by atoms with Gasteiger partial charge < -0.3 is 9.84 Å². The maximum absolute atomic E-state index is 9.66. The smallest absolute Gasteiger partial charge is 0.240 e. The van der Waals surface area contributed by atoms with Crippen LogP contribution in [-0.4, -0.2) is 22.2 Å². The first-order valence-corrected chi connectivity index (χ1v) is 4.46. The number of hydrogen-bond acceptors (Lipinski definition) is 4. The zero-order chi connectivity index (χ0) is 10.7. The summed E-state index contributed by atoms with van der Waals surface area (Å²) in [5.74, 6) is 0.565. The van der Waals surface area contributed by atoms with Gasteiger partial charge in [0, 0.05) is 18.0 Å². The molecule has 0 spiro atoms. The molecular weight excluding hydrogens is 192 g/mol. The van der Waals surface area contributed by atoms with E-state index < -0.39 is 0 Å². The molecule has 2 aromatic rings. The molecule has 0 aliphatic heterocycles. The molecule has 0 amide bonds. The summed E-state index contributed by atoms with van der Waals surface area (Å²) in [5.41, 5.74) is 1.15. The van der Waals surface area contributed by atoms with Gasteiger partial charge in [0.2, 0.25) is 5.88 Å². The molecule has 0 saturated carbocycles. The van der Waals surface area contributed by atoms with Gasteiger partial charge in [0.05, 0.1) is 7.11 Å². The van der Waals surface area contributed by atoms with E-state index in [1.807, 2.05) is 6.07 Å². The van der Waals surface area contributed by atoms with E-state index in [2.05, 4.69) is 9.97 Å². The molecule has 0 atom stereocenters. The lowest BCUT2D eigenvalue weighted by Crippen LogP contribution is -1.93. The molecule has 76 valence electrons. The summed E-state index contributed by atoms with van der Waals surface area (Å²) in [4.78, 5) is 8.15. The lowest BCUT2D eigenvalue weighted by atomic mass is 10.1. The molecule has 0 unspecified atom stereocenters. The van der Waals surface area contributed by atoms with Crippen molar-refractivity contribution in [2.45, 2.75) is 0 Å². The lowest BCUT2D eigenvalue weighted by Gasteiger charge is -2.06. The molecule has 4 nitrogen and oxygen atoms in total. The number of phenols is 1. The Bertz CT molecular complexity index is 472. The van der Waals surface area contributed by atoms with Gasteiger partial charge >= 0.3 is 0 Å². The van der Waals surface area contributed by atoms with E-state index in [1.165, 1.54) is 7.11 Å². The summed E-state index contributed by atoms with van der Waals surface area (Å²) in [5, 5.41) is 9.66. The zero-order valence-electron chi connectivity index (χ0n) is 8.21. The van der Waals surface area contributed by atoms with Crippen LogP contribution in [0, 0.1) is 0 Å². The molecule has 0 radical (unpaired) electrons. The van der Waals surface area contributed by atoms with Crippen LogP contribution >= 0.6 is 0 Å². The second-order valence-electron chi connectivity index (χ2n) is 2.93. The predicted octanol–water partition coefficient (Wildman–Crippen LogP) is 1.86. The molecule has 1 N–H and O–H groups in total. The average molecular weight is 202 g/mol. The fourth-order valence-corrected chi connectivity index (χ4v) is 1.33. The van der Waals surface area contributed by atoms with Crippen molar-refractivity contribution in [2.24, 2.45) is 0 Å². The van der Waals surface area contributed by atoms with Crippen molar-refractivity contribution in [3.05, 3.63) is 36.7 Å². The minimum atomic E-state index is 0.163. The summed E-state index contributed by atoms with van der Waals surface area (Å²) in [6, 6.07) is 6.94. The van der Waals surface area contributed by atoms with Crippen LogP contribution in [0.5, 0.6) is 11.6 Å². The number of phenolic OH excluding ortho intramolecular Hbond substituents is 1. The number of benzene rings is 1. The van der Waals surface area contributed by atoms with Crippen molar-refractivity contribution in [1.82, 2.24) is 9.97 Å². The summed E-state index contributed by atoms with van der Waals surface area (Å²) in [7, 11) is 1.52. The fourth-order valence-electron chi connectivity index (χ4n) is 1.33. The minimum Gasteiger partial charge on any atom is -0.507 e. The Kier molecular flexibility index (Phi) is 2.49. The number of nitrogens with zero attached hydrogens (tertiary/aromatic N) is 2. The van der Waals surface area contributed by atoms with Gasteiger partial charge in [-0.1, -0.05) is 12.1 Å². The van der Waals surface area contributed by atoms with Crippen LogP contribution in [0.2, 0.25) is 0 Å². The van der Waals surface area contributed by atoms with Gasteiger partial charge in [-0.25, -0.2) is 9.97 Å². The van der Waals surface area contributed by atoms with E-state index in [0.29, 0.717) is 17.1 Å². The van der Waals surface area contributed by atoms with Crippen LogP contribution in [0.1, 0.15) is 0 Å². The Morgan fingerprint density at radius 3 is 2.60 bits per heavy atom. The highest BCUT2D eigenvalue weighted by Crippen LogP contribution is 2.31. The standard InChI is InChI=1S/C11H10N2O2/c1-15-11-10(12-6-7-13-11)8-4-2-3-5-9(8)14/h2-7,14H,1H3. The van der Waals surface area contributed by atoms with Gasteiger partial charge in [-0.2, -0.15) is 0 Å². The summed E-state index contributed by atoms with van der Waals surface area (Å²) < 4.78 is 5.07. The zero-order valence-corrected chi connectivity index (χ0v) is 8.21. The van der Waals surface area contributed by atoms with Crippen LogP contribution in [0.4, 0.5) is 0 Å². The molecule has 1 aromatic carbocycles. The number of methoxy groups -OCH3 is 1. The van der Waals surface area contributed by atoms with Crippen molar-refractivity contribution in [3.63, 3.8) is 0 Å². The third-order valence-corrected chi connectivity index (χ3v) is 2.02. The number of ether oxygens (including phenoxy) is 1. The third kappa shape index (κ3) is 1.74. The summed E-state index contributed by atoms with van der Waals surface area (Å²) in [6.07, 6.45) is 3.10. The number of aromatic nitrogens is 2. The van der Waals surface area contributed by atoms with Crippen LogP contribution in [0.3, 0.4) is 0 Å². The fraction of sp³-hybridized carbons (Fsp3) is 0.0909. The van der Waals surface area contributed by atoms with Crippen molar-refractivity contribution in [1.29, 1.82) is 0 Å². The number of rotatable bonds is 2. The Balaban J connectivity index is 2.59. The van der Waals surface area contributed by atoms with E-state index in [1.54, 1.807) is 30.6 Å². The second kappa shape index (κ2) is 3.96. The minimum absolute atomic E-state index is 0.163. The van der Waals surface area contributed by atoms with Gasteiger partial charge in [0.1, 0.15) is 11.4 Å². The van der Waals surface area contributed by atoms with Crippen molar-refractivity contribution in [2.75, 3.05) is 7.11 Å². The van der Waals surface area contributed by atoms with E-state index >= 15 is 0 Å². The maximum Gasteiger partial charge on any atom is 0.240 e. The van der Waals surface area contributed by atoms with Crippen LogP contribution in [-0.2, 0) is 0 Å². The molecule has 0 fully saturated rings. The highest BCUT2D eigenvalue weighted by molar-refractivity contribution is 5.70. The first kappa shape index (κ1) is 9.45. The molecule has 0 aliphatic carbocycles. The molecular formula is C11H10N2O2. The van der Waals surface area contributed by atoms with Crippen molar-refractivity contribution in [3.8, 4) is 22.9 Å². The molecule has 2 rings (SSSR count). The van der Waals surface area contributed by atoms with Gasteiger partial charge in [-0.3, -0.25) is 0 Å². The van der Waals surface area contributed by atoms with Gasteiger partial charge in [0.15, 0.2) is 0 Å². The van der Waals surface area contributed by atoms with E-state index in [9.17, 15) is 5.11 Å². The monoisotopic (exact) mass is 202 g/mol. The number of aromatic hydroxyl groups is 1. The van der Waals surface area contributed by atoms with Crippen molar-refractivity contribution >= 4 is 0 Å². The molecule has 1 heterocycles. The Hall–Kier alpha value is -2.10. The quantitative estimate of drug-likeness (QED) is 0.807. The SMILES string of the molecule is COc1nccnc1-c1ccccc1O. The normalized spacial score (nSPS) is 9.93. The van der Waals surface area contributed by atoms with Gasteiger partial charge in [0.25, 0.3) is 0 Å². The molecule has 4 heteroatoms. The van der Waals surface area contributed by atoms with E-state index in [-0.39, 0.29) is 5.75 Å². The van der Waals surface area contributed by atoms with E-state index in [4.69, 9.17) is 4.74 Å². The topological polar surface area (TPSA) is 55.2 Å². The van der Waals surface area contributed by atoms with E-state index in [0.717, 1.165) is 0 Å². The summed E-state index contributed by atoms with van der Waals surface area (Å²) in [6.45, 7) is 0. The molecule has 0 bridgehead atoms. The molecule has 15 heavy (non-hydrogen) atoms.